The van der Waals surface area contributed by atoms with Gasteiger partial charge < -0.3 is 20.4 Å². The molecule has 3 fully saturated rings. The highest BCUT2D eigenvalue weighted by atomic mass is 32.1. The maximum atomic E-state index is 14.2. The summed E-state index contributed by atoms with van der Waals surface area (Å²) in [4.78, 5) is 29.7. The predicted octanol–water partition coefficient (Wildman–Crippen LogP) is 2.95. The quantitative estimate of drug-likeness (QED) is 0.505. The number of nitrogen functional groups attached to an aromatic ring is 1. The molecule has 1 aliphatic carbocycles. The summed E-state index contributed by atoms with van der Waals surface area (Å²) < 4.78 is 20.3. The van der Waals surface area contributed by atoms with Gasteiger partial charge in [0.25, 0.3) is 0 Å². The van der Waals surface area contributed by atoms with Crippen LogP contribution in [-0.4, -0.2) is 70.6 Å². The number of aryl methyl sites for hydroxylation is 1. The third-order valence-corrected chi connectivity index (χ3v) is 9.73. The molecule has 36 heavy (non-hydrogen) atoms. The molecule has 3 aromatic rings. The third-order valence-electron chi connectivity index (χ3n) is 8.65. The van der Waals surface area contributed by atoms with E-state index in [1.165, 1.54) is 16.2 Å². The molecule has 1 spiro atoms. The van der Waals surface area contributed by atoms with Crippen molar-refractivity contribution in [2.45, 2.75) is 49.2 Å². The van der Waals surface area contributed by atoms with E-state index in [2.05, 4.69) is 25.8 Å². The topological polar surface area (TPSA) is 124 Å². The molecular weight excluding hydrogens is 481 g/mol. The molecule has 3 N–H and O–H groups in total. The number of nitrogens with two attached hydrogens (primary N) is 1. The fourth-order valence-corrected chi connectivity index (χ4v) is 8.16. The number of aromatic amines is 1. The van der Waals surface area contributed by atoms with Crippen LogP contribution in [0.5, 0.6) is 6.01 Å². The summed E-state index contributed by atoms with van der Waals surface area (Å²) >= 11 is 1.52. The minimum absolute atomic E-state index is 0.131. The number of nitrogens with zero attached hydrogens (tertiary/aromatic N) is 5. The van der Waals surface area contributed by atoms with Crippen LogP contribution in [0.25, 0.3) is 11.0 Å². The molecule has 0 saturated carbocycles. The van der Waals surface area contributed by atoms with E-state index in [0.717, 1.165) is 44.1 Å². The van der Waals surface area contributed by atoms with E-state index in [1.807, 2.05) is 0 Å². The van der Waals surface area contributed by atoms with E-state index < -0.39 is 6.17 Å². The molecule has 186 valence electrons. The number of ether oxygens (including phenoxy) is 1. The molecule has 0 bridgehead atoms. The van der Waals surface area contributed by atoms with Crippen LogP contribution in [0.3, 0.4) is 0 Å². The molecule has 0 amide bonds. The van der Waals surface area contributed by atoms with Crippen LogP contribution in [0.15, 0.2) is 6.20 Å². The largest absolute Gasteiger partial charge is 0.461 e. The van der Waals surface area contributed by atoms with Gasteiger partial charge in [-0.05, 0) is 37.8 Å². The summed E-state index contributed by atoms with van der Waals surface area (Å²) in [6.45, 7) is 3.06. The van der Waals surface area contributed by atoms with Gasteiger partial charge in [-0.2, -0.15) is 15.2 Å². The van der Waals surface area contributed by atoms with Crippen molar-refractivity contribution in [3.05, 3.63) is 27.8 Å². The van der Waals surface area contributed by atoms with Gasteiger partial charge in [0.15, 0.2) is 6.29 Å². The smallest absolute Gasteiger partial charge is 0.320 e. The maximum absolute atomic E-state index is 14.2. The van der Waals surface area contributed by atoms with Crippen molar-refractivity contribution >= 4 is 39.5 Å². The Morgan fingerprint density at radius 1 is 1.39 bits per heavy atom. The molecular formula is C25H26FN7O2S. The van der Waals surface area contributed by atoms with Crippen LogP contribution in [0, 0.1) is 11.3 Å². The number of aromatic nitrogens is 3. The lowest BCUT2D eigenvalue weighted by Gasteiger charge is -2.49. The van der Waals surface area contributed by atoms with Gasteiger partial charge >= 0.3 is 6.01 Å². The van der Waals surface area contributed by atoms with E-state index in [4.69, 9.17) is 15.5 Å². The number of rotatable bonds is 5. The van der Waals surface area contributed by atoms with E-state index in [9.17, 15) is 14.4 Å². The first-order chi connectivity index (χ1) is 17.4. The van der Waals surface area contributed by atoms with Gasteiger partial charge in [0.1, 0.15) is 35.3 Å². The average Bonchev–Trinajstić information content (AvgIpc) is 3.61. The van der Waals surface area contributed by atoms with Crippen molar-refractivity contribution in [2.24, 2.45) is 0 Å². The molecule has 9 nitrogen and oxygen atoms in total. The Bertz CT molecular complexity index is 1440. The van der Waals surface area contributed by atoms with Crippen LogP contribution in [-0.2, 0) is 11.8 Å². The normalized spacial score (nSPS) is 26.2. The van der Waals surface area contributed by atoms with Gasteiger partial charge in [-0.25, -0.2) is 4.39 Å². The molecule has 0 radical (unpaired) electrons. The second kappa shape index (κ2) is 7.63. The molecule has 7 rings (SSSR count). The number of aldehydes is 1. The van der Waals surface area contributed by atoms with E-state index in [-0.39, 0.29) is 17.0 Å². The average molecular weight is 508 g/mol. The van der Waals surface area contributed by atoms with E-state index in [1.54, 1.807) is 6.20 Å². The first-order valence-electron chi connectivity index (χ1n) is 12.4. The van der Waals surface area contributed by atoms with Crippen LogP contribution in [0.1, 0.15) is 52.0 Å². The number of nitrogens with one attached hydrogen (secondary N) is 1. The highest BCUT2D eigenvalue weighted by molar-refractivity contribution is 7.16. The molecule has 0 aromatic carbocycles. The second-order valence-corrected chi connectivity index (χ2v) is 11.8. The molecule has 3 saturated heterocycles. The number of halogens is 1. The van der Waals surface area contributed by atoms with Gasteiger partial charge in [-0.3, -0.25) is 9.69 Å². The lowest BCUT2D eigenvalue weighted by Crippen LogP contribution is -2.59. The third kappa shape index (κ3) is 2.97. The number of thiophene rings is 1. The number of hydrogen-bond donors (Lipinski definition) is 2. The van der Waals surface area contributed by atoms with Gasteiger partial charge in [-0.1, -0.05) is 0 Å². The number of alkyl halides is 1. The van der Waals surface area contributed by atoms with E-state index in [0.29, 0.717) is 65.6 Å². The van der Waals surface area contributed by atoms with Gasteiger partial charge in [0.2, 0.25) is 0 Å². The Morgan fingerprint density at radius 3 is 3.06 bits per heavy atom. The van der Waals surface area contributed by atoms with Crippen LogP contribution in [0.4, 0.5) is 15.2 Å². The Balaban J connectivity index is 1.20. The van der Waals surface area contributed by atoms with Crippen LogP contribution in [0.2, 0.25) is 0 Å². The molecule has 3 aromatic heterocycles. The first kappa shape index (κ1) is 22.0. The summed E-state index contributed by atoms with van der Waals surface area (Å²) in [6.07, 6.45) is 5.92. The number of hydrogen-bond acceptors (Lipinski definition) is 9. The maximum Gasteiger partial charge on any atom is 0.320 e. The fourth-order valence-electron chi connectivity index (χ4n) is 7.02. The molecule has 4 aliphatic rings. The number of anilines is 2. The Hall–Kier alpha value is -3.23. The van der Waals surface area contributed by atoms with Crippen LogP contribution < -0.4 is 15.4 Å². The number of fused-ring (bicyclic) bond motifs is 4. The Labute approximate surface area is 211 Å². The van der Waals surface area contributed by atoms with Crippen molar-refractivity contribution in [3.63, 3.8) is 0 Å². The summed E-state index contributed by atoms with van der Waals surface area (Å²) in [5.41, 5.74) is 8.45. The lowest BCUT2D eigenvalue weighted by atomic mass is 9.74. The number of carbonyl (C=O) groups excluding carboxylic acids is 1. The fraction of sp³-hybridized carbons (Fsp3) is 0.520. The summed E-state index contributed by atoms with van der Waals surface area (Å²) in [6, 6.07) is 2.54. The van der Waals surface area contributed by atoms with Gasteiger partial charge in [-0.15, -0.1) is 11.3 Å². The summed E-state index contributed by atoms with van der Waals surface area (Å²) in [5, 5.41) is 11.0. The summed E-state index contributed by atoms with van der Waals surface area (Å²) in [5.74, 6) is 0.648. The standard InChI is InChI=1S/C25H26FN7O2S/c26-15-6-25(3-1-5-33(25)9-15)13-35-23-30-21-18(14(10-34)8-29-21)22(31-23)32-11-24(12-32)4-2-17-19(24)16(7-27)20(28)36-17/h8,10,15H,1-6,9,11-13,28H2,(H,29,30,31)/t15-,25+/m1/s1. The van der Waals surface area contributed by atoms with Crippen molar-refractivity contribution in [2.75, 3.05) is 43.4 Å². The lowest BCUT2D eigenvalue weighted by molar-refractivity contribution is 0.107. The number of H-pyrrole nitrogens is 1. The van der Waals surface area contributed by atoms with Crippen molar-refractivity contribution in [1.82, 2.24) is 19.9 Å². The molecule has 2 atom stereocenters. The zero-order valence-corrected chi connectivity index (χ0v) is 20.5. The predicted molar refractivity (Wildman–Crippen MR) is 133 cm³/mol. The molecule has 0 unspecified atom stereocenters. The van der Waals surface area contributed by atoms with Crippen molar-refractivity contribution in [3.8, 4) is 12.1 Å². The first-order valence-corrected chi connectivity index (χ1v) is 13.2. The van der Waals surface area contributed by atoms with Gasteiger partial charge in [0, 0.05) is 48.1 Å². The monoisotopic (exact) mass is 507 g/mol. The highest BCUT2D eigenvalue weighted by Crippen LogP contribution is 2.53. The second-order valence-electron chi connectivity index (χ2n) is 10.7. The van der Waals surface area contributed by atoms with Crippen molar-refractivity contribution in [1.29, 1.82) is 5.26 Å². The van der Waals surface area contributed by atoms with Crippen molar-refractivity contribution < 1.29 is 13.9 Å². The highest BCUT2D eigenvalue weighted by Gasteiger charge is 2.52. The minimum Gasteiger partial charge on any atom is -0.461 e. The number of nitriles is 1. The van der Waals surface area contributed by atoms with Crippen LogP contribution >= 0.6 is 11.3 Å². The Kier molecular flexibility index (Phi) is 4.67. The van der Waals surface area contributed by atoms with Gasteiger partial charge in [0.05, 0.1) is 16.5 Å². The Morgan fingerprint density at radius 2 is 2.25 bits per heavy atom. The van der Waals surface area contributed by atoms with E-state index >= 15 is 0 Å². The molecule has 3 aliphatic heterocycles. The molecule has 6 heterocycles. The SMILES string of the molecule is N#Cc1c(N)sc2c1C1(CC2)CN(c2nc(OC[C@@]34CCCN3C[C@H](F)C4)nc3[nH]cc(C=O)c23)C1. The minimum atomic E-state index is -0.829. The number of carbonyl (C=O) groups is 1. The summed E-state index contributed by atoms with van der Waals surface area (Å²) in [7, 11) is 0. The zero-order valence-electron chi connectivity index (χ0n) is 19.7. The zero-order chi connectivity index (χ0) is 24.7. The molecule has 11 heteroatoms.